The molecule has 0 radical (unpaired) electrons. The summed E-state index contributed by atoms with van der Waals surface area (Å²) in [5, 5.41) is 9.98. The average Bonchev–Trinajstić information content (AvgIpc) is 2.82. The Morgan fingerprint density at radius 2 is 1.68 bits per heavy atom. The molecule has 0 fully saturated rings. The molecule has 0 aromatic heterocycles. The van der Waals surface area contributed by atoms with Gasteiger partial charge in [0.25, 0.3) is 0 Å². The van der Waals surface area contributed by atoms with Gasteiger partial charge in [0.1, 0.15) is 11.5 Å². The molecule has 1 aliphatic rings. The quantitative estimate of drug-likeness (QED) is 0.674. The van der Waals surface area contributed by atoms with Gasteiger partial charge < -0.3 is 15.2 Å². The number of allylic oxidation sites excluding steroid dienone is 1. The van der Waals surface area contributed by atoms with Crippen LogP contribution in [0.5, 0.6) is 0 Å². The number of carbonyl (C=O) groups is 2. The van der Waals surface area contributed by atoms with Gasteiger partial charge in [-0.05, 0) is 30.2 Å². The maximum Gasteiger partial charge on any atom is 0.416 e. The van der Waals surface area contributed by atoms with Gasteiger partial charge in [0.05, 0.1) is 48.6 Å². The summed E-state index contributed by atoms with van der Waals surface area (Å²) in [5.74, 6) is -3.44. The number of halogens is 3. The SMILES string of the molecule is COC(=O)C1=C(C(=O)OC)N(c2cc(C(F)(F)F)ccc2C)C(N)=C(C#N)C1c1ccccc1. The fourth-order valence-electron chi connectivity index (χ4n) is 3.79. The van der Waals surface area contributed by atoms with Gasteiger partial charge in [-0.15, -0.1) is 0 Å². The molecule has 10 heteroatoms. The van der Waals surface area contributed by atoms with Crippen LogP contribution in [0, 0.1) is 18.3 Å². The van der Waals surface area contributed by atoms with E-state index in [0.29, 0.717) is 11.1 Å². The number of nitrogens with two attached hydrogens (primary N) is 1. The Kier molecular flexibility index (Phi) is 6.68. The second kappa shape index (κ2) is 9.31. The third kappa shape index (κ3) is 4.20. The van der Waals surface area contributed by atoms with Crippen LogP contribution in [0.2, 0.25) is 0 Å². The molecule has 2 N–H and O–H groups in total. The van der Waals surface area contributed by atoms with Crippen molar-refractivity contribution < 1.29 is 32.2 Å². The molecule has 2 aromatic rings. The molecule has 0 spiro atoms. The number of hydrogen-bond acceptors (Lipinski definition) is 7. The number of alkyl halides is 3. The van der Waals surface area contributed by atoms with Crippen molar-refractivity contribution in [3.8, 4) is 6.07 Å². The average molecular weight is 471 g/mol. The lowest BCUT2D eigenvalue weighted by Crippen LogP contribution is -2.41. The van der Waals surface area contributed by atoms with E-state index in [2.05, 4.69) is 0 Å². The second-order valence-corrected chi connectivity index (χ2v) is 7.33. The van der Waals surface area contributed by atoms with Crippen LogP contribution < -0.4 is 10.6 Å². The van der Waals surface area contributed by atoms with E-state index in [1.165, 1.54) is 13.0 Å². The maximum absolute atomic E-state index is 13.5. The number of nitrogens with zero attached hydrogens (tertiary/aromatic N) is 2. The minimum atomic E-state index is -4.69. The zero-order valence-electron chi connectivity index (χ0n) is 18.4. The number of ether oxygens (including phenoxy) is 2. The number of anilines is 1. The van der Waals surface area contributed by atoms with Crippen LogP contribution in [0.15, 0.2) is 71.2 Å². The highest BCUT2D eigenvalue weighted by molar-refractivity contribution is 6.06. The molecule has 0 saturated heterocycles. The minimum Gasteiger partial charge on any atom is -0.466 e. The Hall–Kier alpha value is -4.26. The number of aryl methyl sites for hydroxylation is 1. The molecule has 1 unspecified atom stereocenters. The summed E-state index contributed by atoms with van der Waals surface area (Å²) in [5.41, 5.74) is 5.04. The fraction of sp³-hybridized carbons (Fsp3) is 0.208. The van der Waals surface area contributed by atoms with Crippen LogP contribution in [0.3, 0.4) is 0 Å². The first-order valence-corrected chi connectivity index (χ1v) is 9.90. The van der Waals surface area contributed by atoms with Crippen molar-refractivity contribution in [3.63, 3.8) is 0 Å². The normalized spacial score (nSPS) is 16.3. The van der Waals surface area contributed by atoms with Gasteiger partial charge in [0, 0.05) is 0 Å². The van der Waals surface area contributed by atoms with Crippen LogP contribution in [-0.4, -0.2) is 26.2 Å². The number of hydrogen-bond donors (Lipinski definition) is 1. The van der Waals surface area contributed by atoms with Crippen LogP contribution in [0.4, 0.5) is 18.9 Å². The predicted molar refractivity (Wildman–Crippen MR) is 116 cm³/mol. The lowest BCUT2D eigenvalue weighted by molar-refractivity contribution is -0.139. The highest BCUT2D eigenvalue weighted by Crippen LogP contribution is 2.44. The molecule has 1 heterocycles. The summed E-state index contributed by atoms with van der Waals surface area (Å²) in [4.78, 5) is 26.9. The molecule has 0 bridgehead atoms. The Labute approximate surface area is 193 Å². The fourth-order valence-corrected chi connectivity index (χ4v) is 3.79. The number of nitriles is 1. The van der Waals surface area contributed by atoms with Crippen molar-refractivity contribution in [2.24, 2.45) is 5.73 Å². The molecule has 176 valence electrons. The van der Waals surface area contributed by atoms with Crippen molar-refractivity contribution in [3.05, 3.63) is 87.9 Å². The topological polar surface area (TPSA) is 106 Å². The minimum absolute atomic E-state index is 0.143. The van der Waals surface area contributed by atoms with Crippen LogP contribution in [0.1, 0.15) is 22.6 Å². The predicted octanol–water partition coefficient (Wildman–Crippen LogP) is 3.91. The van der Waals surface area contributed by atoms with Gasteiger partial charge >= 0.3 is 18.1 Å². The van der Waals surface area contributed by atoms with Gasteiger partial charge in [-0.2, -0.15) is 18.4 Å². The van der Waals surface area contributed by atoms with E-state index in [1.807, 2.05) is 6.07 Å². The van der Waals surface area contributed by atoms with Crippen molar-refractivity contribution in [2.75, 3.05) is 19.1 Å². The zero-order valence-corrected chi connectivity index (χ0v) is 18.4. The Bertz CT molecular complexity index is 1240. The zero-order chi connectivity index (χ0) is 25.2. The highest BCUT2D eigenvalue weighted by Gasteiger charge is 2.43. The summed E-state index contributed by atoms with van der Waals surface area (Å²) < 4.78 is 50.2. The first-order chi connectivity index (χ1) is 16.1. The first-order valence-electron chi connectivity index (χ1n) is 9.90. The van der Waals surface area contributed by atoms with Crippen molar-refractivity contribution in [1.82, 2.24) is 0 Å². The molecule has 34 heavy (non-hydrogen) atoms. The number of benzene rings is 2. The molecule has 0 saturated carbocycles. The van der Waals surface area contributed by atoms with Crippen LogP contribution in [0.25, 0.3) is 0 Å². The summed E-state index contributed by atoms with van der Waals surface area (Å²) in [7, 11) is 2.14. The van der Waals surface area contributed by atoms with Gasteiger partial charge in [-0.25, -0.2) is 9.59 Å². The lowest BCUT2D eigenvalue weighted by atomic mass is 9.80. The molecular formula is C24H20F3N3O4. The van der Waals surface area contributed by atoms with E-state index < -0.39 is 35.3 Å². The van der Waals surface area contributed by atoms with Gasteiger partial charge in [-0.3, -0.25) is 4.90 Å². The molecule has 7 nitrogen and oxygen atoms in total. The van der Waals surface area contributed by atoms with E-state index in [4.69, 9.17) is 15.2 Å². The van der Waals surface area contributed by atoms with E-state index in [0.717, 1.165) is 31.3 Å². The van der Waals surface area contributed by atoms with Crippen molar-refractivity contribution >= 4 is 17.6 Å². The number of rotatable bonds is 4. The monoisotopic (exact) mass is 471 g/mol. The largest absolute Gasteiger partial charge is 0.466 e. The highest BCUT2D eigenvalue weighted by atomic mass is 19.4. The smallest absolute Gasteiger partial charge is 0.416 e. The van der Waals surface area contributed by atoms with Crippen LogP contribution >= 0.6 is 0 Å². The van der Waals surface area contributed by atoms with Crippen molar-refractivity contribution in [2.45, 2.75) is 19.0 Å². The number of esters is 2. The third-order valence-electron chi connectivity index (χ3n) is 5.39. The summed E-state index contributed by atoms with van der Waals surface area (Å²) in [6, 6.07) is 13.1. The van der Waals surface area contributed by atoms with E-state index >= 15 is 0 Å². The Morgan fingerprint density at radius 1 is 1.06 bits per heavy atom. The second-order valence-electron chi connectivity index (χ2n) is 7.33. The molecule has 1 aliphatic heterocycles. The Morgan fingerprint density at radius 3 is 2.21 bits per heavy atom. The van der Waals surface area contributed by atoms with Crippen LogP contribution in [-0.2, 0) is 25.2 Å². The lowest BCUT2D eigenvalue weighted by Gasteiger charge is -2.36. The number of carbonyl (C=O) groups excluding carboxylic acids is 2. The Balaban J connectivity index is 2.45. The third-order valence-corrected chi connectivity index (χ3v) is 5.39. The van der Waals surface area contributed by atoms with E-state index in [1.54, 1.807) is 30.3 Å². The van der Waals surface area contributed by atoms with Gasteiger partial charge in [0.2, 0.25) is 0 Å². The maximum atomic E-state index is 13.5. The van der Waals surface area contributed by atoms with Gasteiger partial charge in [-0.1, -0.05) is 36.4 Å². The summed E-state index contributed by atoms with van der Waals surface area (Å²) >= 11 is 0. The summed E-state index contributed by atoms with van der Waals surface area (Å²) in [6.45, 7) is 1.50. The first kappa shape index (κ1) is 24.4. The molecular weight excluding hydrogens is 451 g/mol. The molecule has 0 amide bonds. The van der Waals surface area contributed by atoms with Gasteiger partial charge in [0.15, 0.2) is 0 Å². The molecule has 3 rings (SSSR count). The summed E-state index contributed by atoms with van der Waals surface area (Å²) in [6.07, 6.45) is -4.69. The molecule has 0 aliphatic carbocycles. The van der Waals surface area contributed by atoms with E-state index in [9.17, 15) is 28.0 Å². The molecule has 2 aromatic carbocycles. The van der Waals surface area contributed by atoms with Crippen molar-refractivity contribution in [1.29, 1.82) is 5.26 Å². The molecule has 1 atom stereocenters. The number of methoxy groups -OCH3 is 2. The standard InChI is InChI=1S/C24H20F3N3O4/c1-13-9-10-15(24(25,26)27)11-17(13)30-20(23(32)34-3)19(22(31)33-2)18(16(12-28)21(30)29)14-7-5-4-6-8-14/h4-11,18H,29H2,1-3H3. The van der Waals surface area contributed by atoms with E-state index in [-0.39, 0.29) is 22.7 Å².